The van der Waals surface area contributed by atoms with E-state index in [4.69, 9.17) is 11.5 Å². The minimum Gasteiger partial charge on any atom is -0.508 e. The highest BCUT2D eigenvalue weighted by atomic mass is 16.3. The number of benzene rings is 1. The van der Waals surface area contributed by atoms with Crippen LogP contribution in [0.4, 0.5) is 5.82 Å². The highest BCUT2D eigenvalue weighted by Crippen LogP contribution is 2.30. The van der Waals surface area contributed by atoms with Crippen LogP contribution in [0.15, 0.2) is 30.6 Å². The van der Waals surface area contributed by atoms with Gasteiger partial charge in [-0.3, -0.25) is 4.79 Å². The number of rotatable bonds is 1. The number of aromatic hydroxyl groups is 1. The van der Waals surface area contributed by atoms with Gasteiger partial charge in [0.2, 0.25) is 11.5 Å². The first kappa shape index (κ1) is 12.9. The van der Waals surface area contributed by atoms with E-state index < -0.39 is 5.91 Å². The van der Waals surface area contributed by atoms with E-state index in [1.54, 1.807) is 35.9 Å². The van der Waals surface area contributed by atoms with Crippen molar-refractivity contribution in [3.8, 4) is 5.75 Å². The van der Waals surface area contributed by atoms with Gasteiger partial charge in [-0.15, -0.1) is 4.52 Å². The zero-order valence-electron chi connectivity index (χ0n) is 12.7. The molecular weight excluding hydrogens is 308 g/mol. The number of hydrogen-bond donors (Lipinski definition) is 3. The van der Waals surface area contributed by atoms with Gasteiger partial charge in [-0.05, 0) is 31.2 Å². The number of pyridine rings is 1. The van der Waals surface area contributed by atoms with Crippen LogP contribution in [0.3, 0.4) is 0 Å². The van der Waals surface area contributed by atoms with E-state index in [1.165, 1.54) is 0 Å². The SMILES string of the molecule is Cc1c(O)ccc2c1[n+]1c(N)c(C(N)=O)c3ccc4ncn2n4c31. The first-order valence-corrected chi connectivity index (χ1v) is 7.36. The molecule has 0 aliphatic heterocycles. The summed E-state index contributed by atoms with van der Waals surface area (Å²) in [6.45, 7) is 1.80. The number of carbonyl (C=O) groups is 1. The van der Waals surface area contributed by atoms with Crippen LogP contribution in [0, 0.1) is 6.92 Å². The van der Waals surface area contributed by atoms with Gasteiger partial charge in [0, 0.05) is 5.56 Å². The van der Waals surface area contributed by atoms with Crippen LogP contribution >= 0.6 is 0 Å². The summed E-state index contributed by atoms with van der Waals surface area (Å²) in [6, 6.07) is 7.02. The largest absolute Gasteiger partial charge is 0.508 e. The lowest BCUT2D eigenvalue weighted by atomic mass is 10.1. The summed E-state index contributed by atoms with van der Waals surface area (Å²) in [4.78, 5) is 16.4. The number of fused-ring (bicyclic) bond motifs is 3. The van der Waals surface area contributed by atoms with E-state index in [2.05, 4.69) is 4.98 Å². The fraction of sp³-hybridized carbons (Fsp3) is 0.0625. The summed E-state index contributed by atoms with van der Waals surface area (Å²) in [5.74, 6) is -0.195. The summed E-state index contributed by atoms with van der Waals surface area (Å²) in [6.07, 6.45) is 1.70. The van der Waals surface area contributed by atoms with Crippen LogP contribution in [-0.4, -0.2) is 25.0 Å². The van der Waals surface area contributed by atoms with E-state index in [9.17, 15) is 9.90 Å². The predicted octanol–water partition coefficient (Wildman–Crippen LogP) is 0.612. The van der Waals surface area contributed by atoms with E-state index in [-0.39, 0.29) is 17.1 Å². The van der Waals surface area contributed by atoms with Gasteiger partial charge in [0.1, 0.15) is 28.7 Å². The molecule has 5 rings (SSSR count). The maximum absolute atomic E-state index is 12.0. The fourth-order valence-electron chi connectivity index (χ4n) is 3.57. The molecule has 1 aromatic carbocycles. The first-order valence-electron chi connectivity index (χ1n) is 7.36. The van der Waals surface area contributed by atoms with Gasteiger partial charge in [0.05, 0.1) is 5.39 Å². The third-order valence-corrected chi connectivity index (χ3v) is 4.65. The zero-order chi connectivity index (χ0) is 16.7. The Kier molecular flexibility index (Phi) is 2.08. The third-order valence-electron chi connectivity index (χ3n) is 4.65. The lowest BCUT2D eigenvalue weighted by Crippen LogP contribution is -2.30. The molecule has 0 unspecified atom stereocenters. The number of nitrogens with two attached hydrogens (primary N) is 2. The molecule has 0 saturated heterocycles. The van der Waals surface area contributed by atoms with Crippen molar-refractivity contribution in [3.05, 3.63) is 41.7 Å². The van der Waals surface area contributed by atoms with Crippen molar-refractivity contribution in [2.24, 2.45) is 5.73 Å². The molecule has 8 nitrogen and oxygen atoms in total. The summed E-state index contributed by atoms with van der Waals surface area (Å²) < 4.78 is 5.50. The van der Waals surface area contributed by atoms with Crippen LogP contribution in [0.25, 0.3) is 27.7 Å². The number of nitrogen functional groups attached to an aromatic ring is 1. The fourth-order valence-corrected chi connectivity index (χ4v) is 3.57. The lowest BCUT2D eigenvalue weighted by Gasteiger charge is -2.08. The quantitative estimate of drug-likeness (QED) is 0.310. The van der Waals surface area contributed by atoms with E-state index >= 15 is 0 Å². The molecule has 24 heavy (non-hydrogen) atoms. The maximum atomic E-state index is 12.0. The van der Waals surface area contributed by atoms with Crippen molar-refractivity contribution in [2.75, 3.05) is 5.73 Å². The number of aryl methyl sites for hydroxylation is 1. The minimum absolute atomic E-state index is 0.149. The van der Waals surface area contributed by atoms with Gasteiger partial charge >= 0.3 is 0 Å². The Morgan fingerprint density at radius 1 is 1.29 bits per heavy atom. The summed E-state index contributed by atoms with van der Waals surface area (Å²) in [5.41, 5.74) is 15.7. The third kappa shape index (κ3) is 1.23. The zero-order valence-corrected chi connectivity index (χ0v) is 12.7. The molecule has 1 amide bonds. The molecule has 4 heterocycles. The van der Waals surface area contributed by atoms with Crippen LogP contribution in [-0.2, 0) is 0 Å². The van der Waals surface area contributed by atoms with Crippen molar-refractivity contribution in [3.63, 3.8) is 0 Å². The Balaban J connectivity index is 2.28. The Labute approximate surface area is 134 Å². The minimum atomic E-state index is -0.594. The van der Waals surface area contributed by atoms with Crippen molar-refractivity contribution in [2.45, 2.75) is 6.92 Å². The Hall–Kier alpha value is -3.55. The standard InChI is InChI=1S/C16H12N6O2/c1-7-10(23)4-3-9-13(7)21-14(17)12(15(18)24)8-2-5-11-19-6-20(9)22(11)16(8)21/h2-6H,1H3,(H4-,17,18,23,24)/p+1. The van der Waals surface area contributed by atoms with Gasteiger partial charge in [-0.2, -0.15) is 8.92 Å². The number of carbonyl (C=O) groups excluding carboxylic acids is 1. The Bertz CT molecular complexity index is 1310. The number of primary amides is 1. The van der Waals surface area contributed by atoms with Crippen LogP contribution in [0.1, 0.15) is 15.9 Å². The topological polar surface area (TPSA) is 115 Å². The van der Waals surface area contributed by atoms with Crippen molar-refractivity contribution >= 4 is 39.4 Å². The lowest BCUT2D eigenvalue weighted by molar-refractivity contribution is -0.465. The summed E-state index contributed by atoms with van der Waals surface area (Å²) in [5, 5.41) is 10.8. The number of anilines is 1. The molecule has 0 fully saturated rings. The number of hydrogen-bond acceptors (Lipinski definition) is 4. The smallest absolute Gasteiger partial charge is 0.266 e. The van der Waals surface area contributed by atoms with Gasteiger partial charge < -0.3 is 16.6 Å². The molecule has 5 aromatic rings. The molecule has 0 aliphatic carbocycles. The molecule has 0 atom stereocenters. The van der Waals surface area contributed by atoms with Gasteiger partial charge in [-0.25, -0.2) is 4.98 Å². The van der Waals surface area contributed by atoms with Gasteiger partial charge in [0.15, 0.2) is 0 Å². The van der Waals surface area contributed by atoms with Gasteiger partial charge in [0.25, 0.3) is 11.6 Å². The second-order valence-corrected chi connectivity index (χ2v) is 5.87. The molecule has 0 aliphatic rings. The molecule has 8 heteroatoms. The molecule has 0 bridgehead atoms. The second-order valence-electron chi connectivity index (χ2n) is 5.87. The average molecular weight is 321 g/mol. The Morgan fingerprint density at radius 2 is 2.08 bits per heavy atom. The number of nitrogens with zero attached hydrogens (tertiary/aromatic N) is 4. The average Bonchev–Trinajstić information content (AvgIpc) is 3.09. The summed E-state index contributed by atoms with van der Waals surface area (Å²) >= 11 is 0. The van der Waals surface area contributed by atoms with Crippen molar-refractivity contribution in [1.29, 1.82) is 0 Å². The van der Waals surface area contributed by atoms with E-state index in [0.29, 0.717) is 27.8 Å². The number of amides is 1. The monoisotopic (exact) mass is 321 g/mol. The maximum Gasteiger partial charge on any atom is 0.266 e. The normalized spacial score (nSPS) is 12.2. The highest BCUT2D eigenvalue weighted by Gasteiger charge is 2.30. The number of phenolic OH excluding ortho intramolecular Hbond substituents is 1. The Morgan fingerprint density at radius 3 is 2.83 bits per heavy atom. The second kappa shape index (κ2) is 3.85. The number of aromatic nitrogens is 4. The van der Waals surface area contributed by atoms with Gasteiger partial charge in [-0.1, -0.05) is 0 Å². The van der Waals surface area contributed by atoms with E-state index in [0.717, 1.165) is 5.52 Å². The first-order chi connectivity index (χ1) is 11.5. The van der Waals surface area contributed by atoms with Crippen LogP contribution in [0.5, 0.6) is 5.75 Å². The number of phenols is 1. The molecule has 0 spiro atoms. The summed E-state index contributed by atoms with van der Waals surface area (Å²) in [7, 11) is 0. The van der Waals surface area contributed by atoms with Crippen molar-refractivity contribution in [1.82, 2.24) is 14.0 Å². The predicted molar refractivity (Wildman–Crippen MR) is 87.3 cm³/mol. The molecular formula is C16H13N6O2+. The highest BCUT2D eigenvalue weighted by molar-refractivity contribution is 6.09. The molecule has 0 radical (unpaired) electrons. The van der Waals surface area contributed by atoms with E-state index in [1.807, 2.05) is 15.1 Å². The molecule has 4 aromatic heterocycles. The molecule has 118 valence electrons. The van der Waals surface area contributed by atoms with Crippen LogP contribution in [0.2, 0.25) is 0 Å². The molecule has 0 saturated carbocycles. The molecule has 5 N–H and O–H groups in total. The van der Waals surface area contributed by atoms with Crippen molar-refractivity contribution < 1.29 is 14.3 Å². The van der Waals surface area contributed by atoms with Crippen LogP contribution < -0.4 is 15.9 Å².